The van der Waals surface area contributed by atoms with Gasteiger partial charge in [0.1, 0.15) is 0 Å². The second-order valence-electron chi connectivity index (χ2n) is 4.90. The van der Waals surface area contributed by atoms with E-state index in [9.17, 15) is 5.11 Å². The van der Waals surface area contributed by atoms with Gasteiger partial charge in [0.05, 0.1) is 5.60 Å². The van der Waals surface area contributed by atoms with E-state index in [4.69, 9.17) is 0 Å². The Morgan fingerprint density at radius 3 is 2.87 bits per heavy atom. The fourth-order valence-corrected chi connectivity index (χ4v) is 2.48. The number of nitrogens with zero attached hydrogens (tertiary/aromatic N) is 1. The lowest BCUT2D eigenvalue weighted by Gasteiger charge is -2.28. The van der Waals surface area contributed by atoms with Gasteiger partial charge >= 0.3 is 0 Å². The third kappa shape index (κ3) is 1.44. The molecule has 0 atom stereocenters. The van der Waals surface area contributed by atoms with Crippen LogP contribution >= 0.6 is 0 Å². The van der Waals surface area contributed by atoms with Crippen molar-refractivity contribution in [2.45, 2.75) is 31.3 Å². The molecule has 1 fully saturated rings. The minimum Gasteiger partial charge on any atom is -0.385 e. The monoisotopic (exact) mass is 203 g/mol. The number of benzene rings is 1. The molecule has 2 aliphatic rings. The van der Waals surface area contributed by atoms with Crippen LogP contribution in [0.4, 0.5) is 5.69 Å². The van der Waals surface area contributed by atoms with Crippen LogP contribution in [0.15, 0.2) is 18.2 Å². The summed E-state index contributed by atoms with van der Waals surface area (Å²) in [5.41, 5.74) is 3.39. The Balaban J connectivity index is 2.02. The van der Waals surface area contributed by atoms with Crippen molar-refractivity contribution in [3.63, 3.8) is 0 Å². The lowest BCUT2D eigenvalue weighted by molar-refractivity contribution is 0.151. The number of hydrogen-bond donors (Lipinski definition) is 1. The van der Waals surface area contributed by atoms with Crippen molar-refractivity contribution >= 4 is 5.69 Å². The van der Waals surface area contributed by atoms with Crippen LogP contribution in [0.3, 0.4) is 0 Å². The van der Waals surface area contributed by atoms with Crippen LogP contribution in [0, 0.1) is 0 Å². The van der Waals surface area contributed by atoms with E-state index < -0.39 is 5.60 Å². The Labute approximate surface area is 90.5 Å². The Morgan fingerprint density at radius 2 is 2.13 bits per heavy atom. The van der Waals surface area contributed by atoms with Crippen LogP contribution in [-0.4, -0.2) is 18.7 Å². The van der Waals surface area contributed by atoms with Crippen molar-refractivity contribution in [2.75, 3.05) is 18.5 Å². The van der Waals surface area contributed by atoms with E-state index in [2.05, 4.69) is 30.1 Å². The molecule has 1 aliphatic heterocycles. The molecule has 0 amide bonds. The van der Waals surface area contributed by atoms with E-state index in [0.717, 1.165) is 31.4 Å². The second kappa shape index (κ2) is 2.99. The summed E-state index contributed by atoms with van der Waals surface area (Å²) in [7, 11) is 2.14. The van der Waals surface area contributed by atoms with Crippen molar-refractivity contribution in [1.29, 1.82) is 0 Å². The van der Waals surface area contributed by atoms with Crippen molar-refractivity contribution < 1.29 is 5.11 Å². The van der Waals surface area contributed by atoms with Gasteiger partial charge in [0.2, 0.25) is 0 Å². The van der Waals surface area contributed by atoms with Gasteiger partial charge in [0, 0.05) is 19.3 Å². The van der Waals surface area contributed by atoms with E-state index in [1.807, 2.05) is 0 Å². The van der Waals surface area contributed by atoms with Crippen molar-refractivity contribution in [1.82, 2.24) is 0 Å². The molecule has 2 heteroatoms. The molecule has 15 heavy (non-hydrogen) atoms. The maximum atomic E-state index is 10.1. The number of fused-ring (bicyclic) bond motifs is 1. The number of rotatable bonds is 1. The summed E-state index contributed by atoms with van der Waals surface area (Å²) in [6.07, 6.45) is 4.25. The molecule has 80 valence electrons. The predicted molar refractivity (Wildman–Crippen MR) is 61.2 cm³/mol. The number of hydrogen-bond acceptors (Lipinski definition) is 2. The van der Waals surface area contributed by atoms with E-state index >= 15 is 0 Å². The highest BCUT2D eigenvalue weighted by molar-refractivity contribution is 5.57. The molecular weight excluding hydrogens is 186 g/mol. The van der Waals surface area contributed by atoms with Crippen LogP contribution in [-0.2, 0) is 12.0 Å². The topological polar surface area (TPSA) is 23.5 Å². The first kappa shape index (κ1) is 9.22. The molecule has 0 spiro atoms. The van der Waals surface area contributed by atoms with Gasteiger partial charge in [-0.2, -0.15) is 0 Å². The summed E-state index contributed by atoms with van der Waals surface area (Å²) in [5, 5.41) is 10.1. The number of aryl methyl sites for hydroxylation is 1. The van der Waals surface area contributed by atoms with Gasteiger partial charge in [-0.25, -0.2) is 0 Å². The first-order valence-corrected chi connectivity index (χ1v) is 5.76. The Morgan fingerprint density at radius 1 is 1.33 bits per heavy atom. The van der Waals surface area contributed by atoms with Gasteiger partial charge in [0.25, 0.3) is 0 Å². The van der Waals surface area contributed by atoms with Gasteiger partial charge in [-0.1, -0.05) is 12.1 Å². The van der Waals surface area contributed by atoms with Crippen LogP contribution in [0.2, 0.25) is 0 Å². The van der Waals surface area contributed by atoms with Gasteiger partial charge in [-0.15, -0.1) is 0 Å². The van der Waals surface area contributed by atoms with E-state index in [0.29, 0.717) is 0 Å². The molecule has 0 saturated heterocycles. The lowest BCUT2D eigenvalue weighted by Crippen LogP contribution is -2.25. The Bertz CT molecular complexity index is 396. The fourth-order valence-electron chi connectivity index (χ4n) is 2.48. The maximum absolute atomic E-state index is 10.1. The molecule has 0 radical (unpaired) electrons. The van der Waals surface area contributed by atoms with Crippen molar-refractivity contribution in [3.05, 3.63) is 29.3 Å². The summed E-state index contributed by atoms with van der Waals surface area (Å²) >= 11 is 0. The second-order valence-corrected chi connectivity index (χ2v) is 4.90. The zero-order chi connectivity index (χ0) is 10.5. The van der Waals surface area contributed by atoms with E-state index in [1.54, 1.807) is 0 Å². The van der Waals surface area contributed by atoms with Gasteiger partial charge in [-0.05, 0) is 42.9 Å². The average Bonchev–Trinajstić information content (AvgIpc) is 2.98. The van der Waals surface area contributed by atoms with Gasteiger partial charge in [-0.3, -0.25) is 0 Å². The van der Waals surface area contributed by atoms with E-state index in [-0.39, 0.29) is 0 Å². The lowest BCUT2D eigenvalue weighted by atomic mass is 9.97. The number of anilines is 1. The van der Waals surface area contributed by atoms with Crippen molar-refractivity contribution in [3.8, 4) is 0 Å². The van der Waals surface area contributed by atoms with Gasteiger partial charge in [0.15, 0.2) is 0 Å². The number of aliphatic hydroxyl groups is 1. The van der Waals surface area contributed by atoms with Crippen molar-refractivity contribution in [2.24, 2.45) is 0 Å². The largest absolute Gasteiger partial charge is 0.385 e. The molecule has 1 aromatic rings. The maximum Gasteiger partial charge on any atom is 0.0899 e. The quantitative estimate of drug-likeness (QED) is 0.755. The summed E-state index contributed by atoms with van der Waals surface area (Å²) in [4.78, 5) is 2.31. The Kier molecular flexibility index (Phi) is 1.84. The van der Waals surface area contributed by atoms with Crippen LogP contribution in [0.25, 0.3) is 0 Å². The molecule has 1 saturated carbocycles. The smallest absolute Gasteiger partial charge is 0.0899 e. The van der Waals surface area contributed by atoms with E-state index in [1.165, 1.54) is 17.7 Å². The predicted octanol–water partition coefficient (Wildman–Crippen LogP) is 2.05. The normalized spacial score (nSPS) is 22.4. The molecule has 0 unspecified atom stereocenters. The van der Waals surface area contributed by atoms with Gasteiger partial charge < -0.3 is 10.0 Å². The molecule has 0 aromatic heterocycles. The fraction of sp³-hybridized carbons (Fsp3) is 0.538. The molecule has 1 N–H and O–H groups in total. The first-order chi connectivity index (χ1) is 7.19. The summed E-state index contributed by atoms with van der Waals surface area (Å²) in [5.74, 6) is 0. The molecular formula is C13H17NO. The standard InChI is InChI=1S/C13H17NO/c1-14-8-2-3-10-9-11(4-5-12(10)14)13(15)6-7-13/h4-5,9,15H,2-3,6-8H2,1H3. The summed E-state index contributed by atoms with van der Waals surface area (Å²) in [6, 6.07) is 6.46. The van der Waals surface area contributed by atoms with Crippen LogP contribution < -0.4 is 4.90 Å². The molecule has 2 nitrogen and oxygen atoms in total. The Hall–Kier alpha value is -1.02. The third-order valence-electron chi connectivity index (χ3n) is 3.69. The summed E-state index contributed by atoms with van der Waals surface area (Å²) < 4.78 is 0. The zero-order valence-corrected chi connectivity index (χ0v) is 9.16. The van der Waals surface area contributed by atoms with Crippen LogP contribution in [0.5, 0.6) is 0 Å². The highest BCUT2D eigenvalue weighted by Crippen LogP contribution is 2.46. The highest BCUT2D eigenvalue weighted by Gasteiger charge is 2.42. The minimum atomic E-state index is -0.481. The molecule has 1 heterocycles. The van der Waals surface area contributed by atoms with Crippen LogP contribution in [0.1, 0.15) is 30.4 Å². The summed E-state index contributed by atoms with van der Waals surface area (Å²) in [6.45, 7) is 1.15. The SMILES string of the molecule is CN1CCCc2cc(C3(O)CC3)ccc21. The average molecular weight is 203 g/mol. The first-order valence-electron chi connectivity index (χ1n) is 5.76. The zero-order valence-electron chi connectivity index (χ0n) is 9.16. The third-order valence-corrected chi connectivity index (χ3v) is 3.69. The molecule has 3 rings (SSSR count). The minimum absolute atomic E-state index is 0.481. The highest BCUT2D eigenvalue weighted by atomic mass is 16.3. The molecule has 1 aliphatic carbocycles. The molecule has 0 bridgehead atoms. The molecule has 1 aromatic carbocycles.